The molecule has 2 heterocycles. The number of nitrogens with zero attached hydrogens (tertiary/aromatic N) is 1. The molecule has 2 fully saturated rings. The van der Waals surface area contributed by atoms with Crippen LogP contribution in [0.1, 0.15) is 73.5 Å². The van der Waals surface area contributed by atoms with Crippen LogP contribution in [0.15, 0.2) is 36.4 Å². The molecule has 0 aromatic heterocycles. The van der Waals surface area contributed by atoms with Crippen molar-refractivity contribution in [2.24, 2.45) is 0 Å². The third kappa shape index (κ3) is 4.50. The van der Waals surface area contributed by atoms with Crippen molar-refractivity contribution in [3.63, 3.8) is 0 Å². The summed E-state index contributed by atoms with van der Waals surface area (Å²) >= 11 is 0. The summed E-state index contributed by atoms with van der Waals surface area (Å²) in [5.41, 5.74) is 2.00. The fraction of sp³-hybridized carbons (Fsp3) is 0.481. The Bertz CT molecular complexity index is 1180. The summed E-state index contributed by atoms with van der Waals surface area (Å²) in [5, 5.41) is 0. The number of benzene rings is 2. The van der Waals surface area contributed by atoms with Crippen LogP contribution >= 0.6 is 0 Å². The highest BCUT2D eigenvalue weighted by Crippen LogP contribution is 2.42. The summed E-state index contributed by atoms with van der Waals surface area (Å²) in [5.74, 6) is -0.652. The summed E-state index contributed by atoms with van der Waals surface area (Å²) in [6.45, 7) is 8.06. The van der Waals surface area contributed by atoms with Gasteiger partial charge in [-0.3, -0.25) is 9.59 Å². The number of fused-ring (bicyclic) bond motifs is 1. The molecule has 2 aliphatic heterocycles. The molecule has 1 saturated heterocycles. The van der Waals surface area contributed by atoms with Crippen molar-refractivity contribution in [1.29, 1.82) is 0 Å². The maximum atomic E-state index is 15.0. The Labute approximate surface area is 205 Å². The smallest absolute Gasteiger partial charge is 0.461 e. The molecular formula is C27H31BFNO5. The number of halogens is 1. The van der Waals surface area contributed by atoms with E-state index < -0.39 is 24.1 Å². The number of esters is 1. The minimum absolute atomic E-state index is 0.120. The van der Waals surface area contributed by atoms with Crippen LogP contribution in [-0.4, -0.2) is 48.2 Å². The van der Waals surface area contributed by atoms with Crippen LogP contribution in [0.25, 0.3) is 0 Å². The molecule has 184 valence electrons. The predicted octanol–water partition coefficient (Wildman–Crippen LogP) is 3.74. The van der Waals surface area contributed by atoms with Crippen molar-refractivity contribution in [2.45, 2.75) is 70.7 Å². The van der Waals surface area contributed by atoms with Crippen LogP contribution < -0.4 is 5.46 Å². The van der Waals surface area contributed by atoms with E-state index in [-0.39, 0.29) is 30.6 Å². The maximum Gasteiger partial charge on any atom is 0.495 e. The minimum atomic E-state index is -0.843. The second-order valence-corrected chi connectivity index (χ2v) is 10.6. The molecule has 0 bridgehead atoms. The van der Waals surface area contributed by atoms with Crippen molar-refractivity contribution < 1.29 is 28.0 Å². The normalized spacial score (nSPS) is 23.4. The molecule has 1 atom stereocenters. The van der Waals surface area contributed by atoms with Gasteiger partial charge in [-0.2, -0.15) is 0 Å². The maximum absolute atomic E-state index is 15.0. The summed E-state index contributed by atoms with van der Waals surface area (Å²) in [7, 11) is -0.688. The Hall–Kier alpha value is -2.71. The Morgan fingerprint density at radius 1 is 1.20 bits per heavy atom. The lowest BCUT2D eigenvalue weighted by molar-refractivity contribution is -0.142. The number of hydrogen-bond donors (Lipinski definition) is 0. The average molecular weight is 479 g/mol. The van der Waals surface area contributed by atoms with Crippen LogP contribution in [0.2, 0.25) is 0 Å². The molecule has 1 aliphatic carbocycles. The Morgan fingerprint density at radius 3 is 2.66 bits per heavy atom. The quantitative estimate of drug-likeness (QED) is 0.467. The molecule has 6 nitrogen and oxygen atoms in total. The highest BCUT2D eigenvalue weighted by atomic mass is 19.1. The highest BCUT2D eigenvalue weighted by Gasteiger charge is 2.56. The zero-order valence-corrected chi connectivity index (χ0v) is 20.7. The monoisotopic (exact) mass is 479 g/mol. The molecule has 1 unspecified atom stereocenters. The molecule has 0 N–H and O–H groups in total. The van der Waals surface area contributed by atoms with E-state index in [0.29, 0.717) is 18.9 Å². The fourth-order valence-corrected chi connectivity index (χ4v) is 5.03. The van der Waals surface area contributed by atoms with Gasteiger partial charge in [-0.05, 0) is 74.2 Å². The number of rotatable bonds is 6. The third-order valence-corrected chi connectivity index (χ3v) is 7.67. The van der Waals surface area contributed by atoms with Gasteiger partial charge in [0.05, 0.1) is 23.3 Å². The molecule has 0 radical (unpaired) electrons. The lowest BCUT2D eigenvalue weighted by Crippen LogP contribution is -2.55. The molecule has 0 spiro atoms. The van der Waals surface area contributed by atoms with Crippen LogP contribution in [0.5, 0.6) is 0 Å². The van der Waals surface area contributed by atoms with Gasteiger partial charge in [0.2, 0.25) is 0 Å². The van der Waals surface area contributed by atoms with E-state index in [9.17, 15) is 9.59 Å². The fourth-order valence-electron chi connectivity index (χ4n) is 5.03. The van der Waals surface area contributed by atoms with Gasteiger partial charge in [-0.25, -0.2) is 4.39 Å². The van der Waals surface area contributed by atoms with E-state index >= 15 is 4.39 Å². The van der Waals surface area contributed by atoms with E-state index in [1.54, 1.807) is 4.90 Å². The second-order valence-electron chi connectivity index (χ2n) is 10.6. The first-order valence-corrected chi connectivity index (χ1v) is 12.3. The van der Waals surface area contributed by atoms with Crippen molar-refractivity contribution >= 4 is 24.5 Å². The summed E-state index contributed by atoms with van der Waals surface area (Å²) < 4.78 is 33.0. The van der Waals surface area contributed by atoms with Gasteiger partial charge in [0.15, 0.2) is 0 Å². The first kappa shape index (κ1) is 24.0. The van der Waals surface area contributed by atoms with Gasteiger partial charge >= 0.3 is 13.1 Å². The van der Waals surface area contributed by atoms with Gasteiger partial charge in [-0.15, -0.1) is 0 Å². The lowest BCUT2D eigenvalue weighted by Gasteiger charge is -2.41. The first-order chi connectivity index (χ1) is 16.6. The van der Waals surface area contributed by atoms with Gasteiger partial charge < -0.3 is 18.9 Å². The van der Waals surface area contributed by atoms with Gasteiger partial charge in [-0.1, -0.05) is 30.3 Å². The standard InChI is InChI=1S/C27H31BFNO5/c1-17(31)33-15-20-7-5-6-8-22(20)28-34-26(2,3)27(4,35-28)16-30-12-11-19-13-21(18-9-10-18)14-23(29)24(19)25(30)32/h5-8,13-14,18H,9-12,15-16H2,1-4H3. The Morgan fingerprint density at radius 2 is 1.94 bits per heavy atom. The third-order valence-electron chi connectivity index (χ3n) is 7.67. The molecule has 1 saturated carbocycles. The number of ether oxygens (including phenoxy) is 1. The molecule has 8 heteroatoms. The van der Waals surface area contributed by atoms with Crippen molar-refractivity contribution in [2.75, 3.05) is 13.1 Å². The SMILES string of the molecule is CC(=O)OCc1ccccc1B1OC(C)(C)C(C)(CN2CCc3cc(C4CC4)cc(F)c3C2=O)O1. The van der Waals surface area contributed by atoms with Crippen LogP contribution in [-0.2, 0) is 31.9 Å². The van der Waals surface area contributed by atoms with E-state index in [2.05, 4.69) is 0 Å². The molecule has 2 aromatic rings. The molecule has 5 rings (SSSR count). The van der Waals surface area contributed by atoms with E-state index in [1.807, 2.05) is 51.1 Å². The van der Waals surface area contributed by atoms with Crippen molar-refractivity contribution in [3.8, 4) is 0 Å². The van der Waals surface area contributed by atoms with Crippen molar-refractivity contribution in [3.05, 3.63) is 64.5 Å². The minimum Gasteiger partial charge on any atom is -0.461 e. The number of carbonyl (C=O) groups excluding carboxylic acids is 2. The Balaban J connectivity index is 1.36. The lowest BCUT2D eigenvalue weighted by atomic mass is 9.76. The van der Waals surface area contributed by atoms with E-state index in [4.69, 9.17) is 14.0 Å². The topological polar surface area (TPSA) is 65.1 Å². The zero-order valence-electron chi connectivity index (χ0n) is 20.7. The largest absolute Gasteiger partial charge is 0.495 e. The first-order valence-electron chi connectivity index (χ1n) is 12.3. The predicted molar refractivity (Wildman–Crippen MR) is 130 cm³/mol. The number of carbonyl (C=O) groups is 2. The summed E-state index contributed by atoms with van der Waals surface area (Å²) in [4.78, 5) is 26.4. The molecule has 35 heavy (non-hydrogen) atoms. The number of hydrogen-bond acceptors (Lipinski definition) is 5. The summed E-state index contributed by atoms with van der Waals surface area (Å²) in [6, 6.07) is 11.1. The van der Waals surface area contributed by atoms with Crippen LogP contribution in [0.3, 0.4) is 0 Å². The van der Waals surface area contributed by atoms with Crippen LogP contribution in [0, 0.1) is 5.82 Å². The van der Waals surface area contributed by atoms with Crippen molar-refractivity contribution in [1.82, 2.24) is 4.90 Å². The van der Waals surface area contributed by atoms with Gasteiger partial charge in [0.1, 0.15) is 12.4 Å². The average Bonchev–Trinajstić information content (AvgIpc) is 3.61. The summed E-state index contributed by atoms with van der Waals surface area (Å²) in [6.07, 6.45) is 2.80. The zero-order chi connectivity index (χ0) is 25.0. The van der Waals surface area contributed by atoms with E-state index in [0.717, 1.165) is 35.0 Å². The van der Waals surface area contributed by atoms with Gasteiger partial charge in [0.25, 0.3) is 5.91 Å². The van der Waals surface area contributed by atoms with E-state index in [1.165, 1.54) is 13.0 Å². The van der Waals surface area contributed by atoms with Gasteiger partial charge in [0, 0.05) is 13.5 Å². The number of amides is 1. The second kappa shape index (κ2) is 8.75. The van der Waals surface area contributed by atoms with Crippen LogP contribution in [0.4, 0.5) is 4.39 Å². The molecule has 2 aromatic carbocycles. The Kier molecular flexibility index (Phi) is 6.00. The molecule has 3 aliphatic rings. The highest BCUT2D eigenvalue weighted by molar-refractivity contribution is 6.62. The molecule has 1 amide bonds. The molecular weight excluding hydrogens is 448 g/mol.